The Kier molecular flexibility index (Phi) is 2.78. The van der Waals surface area contributed by atoms with Gasteiger partial charge in [-0.15, -0.1) is 10.2 Å². The fraction of sp³-hybridized carbons (Fsp3) is 0.385. The number of nitrogens with one attached hydrogen (secondary N) is 1. The number of aromatic nitrogens is 3. The van der Waals surface area contributed by atoms with Crippen molar-refractivity contribution in [2.24, 2.45) is 0 Å². The van der Waals surface area contributed by atoms with Gasteiger partial charge >= 0.3 is 0 Å². The molecule has 94 valence electrons. The number of thioether (sulfide) groups is 1. The summed E-state index contributed by atoms with van der Waals surface area (Å²) in [7, 11) is 0. The summed E-state index contributed by atoms with van der Waals surface area (Å²) in [5.74, 6) is 1.93. The van der Waals surface area contributed by atoms with Gasteiger partial charge in [-0.25, -0.2) is 4.68 Å². The van der Waals surface area contributed by atoms with Gasteiger partial charge in [0, 0.05) is 17.4 Å². The van der Waals surface area contributed by atoms with E-state index in [9.17, 15) is 0 Å². The molecule has 0 aliphatic carbocycles. The van der Waals surface area contributed by atoms with Gasteiger partial charge in [-0.3, -0.25) is 0 Å². The van der Waals surface area contributed by atoms with Crippen LogP contribution in [0.3, 0.4) is 0 Å². The van der Waals surface area contributed by atoms with Crippen LogP contribution in [0.15, 0.2) is 23.4 Å². The van der Waals surface area contributed by atoms with Gasteiger partial charge < -0.3 is 5.43 Å². The molecule has 0 fully saturated rings. The van der Waals surface area contributed by atoms with Crippen LogP contribution in [0.1, 0.15) is 18.1 Å². The Morgan fingerprint density at radius 3 is 2.89 bits per heavy atom. The number of nitrogens with zero attached hydrogens (tertiary/aromatic N) is 3. The molecule has 4 nitrogen and oxygen atoms in total. The summed E-state index contributed by atoms with van der Waals surface area (Å²) < 4.78 is 2.00. The average molecular weight is 260 g/mol. The lowest BCUT2D eigenvalue weighted by Crippen LogP contribution is -2.32. The van der Waals surface area contributed by atoms with Crippen LogP contribution in [0.25, 0.3) is 11.4 Å². The SMILES string of the molecule is Cc1ccc(-c2nnc3n2NC(C)CS3)cc1C. The Bertz CT molecular complexity index is 591. The van der Waals surface area contributed by atoms with Crippen LogP contribution in [0, 0.1) is 13.8 Å². The number of hydrogen-bond donors (Lipinski definition) is 1. The molecule has 1 aliphatic rings. The van der Waals surface area contributed by atoms with E-state index >= 15 is 0 Å². The van der Waals surface area contributed by atoms with Gasteiger partial charge in [0.25, 0.3) is 0 Å². The quantitative estimate of drug-likeness (QED) is 0.856. The van der Waals surface area contributed by atoms with Crippen LogP contribution in [0.2, 0.25) is 0 Å². The highest BCUT2D eigenvalue weighted by atomic mass is 32.2. The number of aryl methyl sites for hydroxylation is 2. The first-order valence-electron chi connectivity index (χ1n) is 6.07. The predicted molar refractivity (Wildman–Crippen MR) is 74.5 cm³/mol. The van der Waals surface area contributed by atoms with E-state index in [2.05, 4.69) is 54.6 Å². The summed E-state index contributed by atoms with van der Waals surface area (Å²) in [5, 5.41) is 9.48. The van der Waals surface area contributed by atoms with Crippen molar-refractivity contribution in [1.82, 2.24) is 14.9 Å². The average Bonchev–Trinajstić information content (AvgIpc) is 2.75. The van der Waals surface area contributed by atoms with Gasteiger partial charge in [-0.2, -0.15) is 0 Å². The van der Waals surface area contributed by atoms with Crippen molar-refractivity contribution < 1.29 is 0 Å². The molecule has 0 bridgehead atoms. The molecule has 0 spiro atoms. The second-order valence-electron chi connectivity index (χ2n) is 4.78. The molecule has 1 aromatic heterocycles. The minimum atomic E-state index is 0.434. The molecule has 2 aromatic rings. The van der Waals surface area contributed by atoms with E-state index in [-0.39, 0.29) is 0 Å². The van der Waals surface area contributed by atoms with E-state index in [1.54, 1.807) is 11.8 Å². The van der Waals surface area contributed by atoms with Crippen LogP contribution < -0.4 is 5.43 Å². The summed E-state index contributed by atoms with van der Waals surface area (Å²) in [6, 6.07) is 6.83. The third-order valence-electron chi connectivity index (χ3n) is 3.21. The van der Waals surface area contributed by atoms with Crippen molar-refractivity contribution in [2.45, 2.75) is 32.0 Å². The maximum Gasteiger partial charge on any atom is 0.210 e. The molecule has 18 heavy (non-hydrogen) atoms. The van der Waals surface area contributed by atoms with Gasteiger partial charge in [0.1, 0.15) is 0 Å². The zero-order valence-corrected chi connectivity index (χ0v) is 11.6. The molecule has 0 radical (unpaired) electrons. The first-order chi connectivity index (χ1) is 8.65. The Balaban J connectivity index is 2.07. The molecule has 1 N–H and O–H groups in total. The highest BCUT2D eigenvalue weighted by Gasteiger charge is 2.21. The fourth-order valence-corrected chi connectivity index (χ4v) is 2.84. The van der Waals surface area contributed by atoms with Crippen molar-refractivity contribution in [3.8, 4) is 11.4 Å². The third-order valence-corrected chi connectivity index (χ3v) is 4.40. The van der Waals surface area contributed by atoms with Gasteiger partial charge in [-0.1, -0.05) is 23.9 Å². The molecule has 1 aliphatic heterocycles. The second kappa shape index (κ2) is 4.31. The summed E-state index contributed by atoms with van der Waals surface area (Å²) in [5.41, 5.74) is 7.10. The Labute approximate surface area is 111 Å². The molecule has 2 heterocycles. The first kappa shape index (κ1) is 11.6. The minimum absolute atomic E-state index is 0.434. The molecular formula is C13H16N4S. The third kappa shape index (κ3) is 1.88. The van der Waals surface area contributed by atoms with Crippen molar-refractivity contribution >= 4 is 11.8 Å². The van der Waals surface area contributed by atoms with Gasteiger partial charge in [0.2, 0.25) is 5.16 Å². The summed E-state index contributed by atoms with van der Waals surface area (Å²) in [6.07, 6.45) is 0. The van der Waals surface area contributed by atoms with Crippen LogP contribution in [0.4, 0.5) is 0 Å². The largest absolute Gasteiger partial charge is 0.318 e. The molecule has 5 heteroatoms. The Hall–Kier alpha value is -1.49. The highest BCUT2D eigenvalue weighted by molar-refractivity contribution is 7.99. The first-order valence-corrected chi connectivity index (χ1v) is 7.06. The zero-order chi connectivity index (χ0) is 12.7. The lowest BCUT2D eigenvalue weighted by Gasteiger charge is -2.23. The van der Waals surface area contributed by atoms with Crippen LogP contribution >= 0.6 is 11.8 Å². The Morgan fingerprint density at radius 1 is 1.28 bits per heavy atom. The highest BCUT2D eigenvalue weighted by Crippen LogP contribution is 2.27. The summed E-state index contributed by atoms with van der Waals surface area (Å²) in [6.45, 7) is 6.41. The van der Waals surface area contributed by atoms with E-state index in [1.807, 2.05) is 4.68 Å². The van der Waals surface area contributed by atoms with Crippen LogP contribution in [-0.2, 0) is 0 Å². The Morgan fingerprint density at radius 2 is 2.11 bits per heavy atom. The van der Waals surface area contributed by atoms with Crippen molar-refractivity contribution in [3.63, 3.8) is 0 Å². The number of benzene rings is 1. The lowest BCUT2D eigenvalue weighted by molar-refractivity contribution is 0.672. The van der Waals surface area contributed by atoms with E-state index in [0.717, 1.165) is 22.3 Å². The number of hydrogen-bond acceptors (Lipinski definition) is 4. The maximum absolute atomic E-state index is 4.30. The second-order valence-corrected chi connectivity index (χ2v) is 5.77. The molecular weight excluding hydrogens is 244 g/mol. The molecule has 1 aromatic carbocycles. The van der Waals surface area contributed by atoms with Crippen molar-refractivity contribution in [1.29, 1.82) is 0 Å². The number of rotatable bonds is 1. The van der Waals surface area contributed by atoms with E-state index in [4.69, 9.17) is 0 Å². The van der Waals surface area contributed by atoms with Crippen LogP contribution in [0.5, 0.6) is 0 Å². The lowest BCUT2D eigenvalue weighted by atomic mass is 10.1. The normalized spacial score (nSPS) is 18.3. The minimum Gasteiger partial charge on any atom is -0.318 e. The maximum atomic E-state index is 4.30. The monoisotopic (exact) mass is 260 g/mol. The van der Waals surface area contributed by atoms with Crippen LogP contribution in [-0.4, -0.2) is 26.7 Å². The van der Waals surface area contributed by atoms with E-state index in [1.165, 1.54) is 11.1 Å². The molecule has 0 amide bonds. The smallest absolute Gasteiger partial charge is 0.210 e. The van der Waals surface area contributed by atoms with E-state index in [0.29, 0.717) is 6.04 Å². The molecule has 0 saturated carbocycles. The zero-order valence-electron chi connectivity index (χ0n) is 10.8. The van der Waals surface area contributed by atoms with E-state index < -0.39 is 0 Å². The van der Waals surface area contributed by atoms with Gasteiger partial charge in [-0.05, 0) is 38.0 Å². The molecule has 1 unspecified atom stereocenters. The molecule has 1 atom stereocenters. The topological polar surface area (TPSA) is 42.7 Å². The fourth-order valence-electron chi connectivity index (χ4n) is 2.00. The summed E-state index contributed by atoms with van der Waals surface area (Å²) in [4.78, 5) is 0. The standard InChI is InChI=1S/C13H16N4S/c1-8-4-5-11(6-9(8)2)12-14-15-13-17(12)16-10(3)7-18-13/h4-6,10,16H,7H2,1-3H3. The van der Waals surface area contributed by atoms with Gasteiger partial charge in [0.15, 0.2) is 5.82 Å². The molecule has 3 rings (SSSR count). The molecule has 0 saturated heterocycles. The number of fused-ring (bicyclic) bond motifs is 1. The van der Waals surface area contributed by atoms with Crippen molar-refractivity contribution in [3.05, 3.63) is 29.3 Å². The van der Waals surface area contributed by atoms with Gasteiger partial charge in [0.05, 0.1) is 0 Å². The predicted octanol–water partition coefficient (Wildman–Crippen LogP) is 2.60. The summed E-state index contributed by atoms with van der Waals surface area (Å²) >= 11 is 1.75. The van der Waals surface area contributed by atoms with Crippen molar-refractivity contribution in [2.75, 3.05) is 11.2 Å².